The van der Waals surface area contributed by atoms with E-state index in [9.17, 15) is 9.50 Å². The third-order valence-corrected chi connectivity index (χ3v) is 4.20. The molecule has 0 radical (unpaired) electrons. The summed E-state index contributed by atoms with van der Waals surface area (Å²) in [7, 11) is 2.97. The molecule has 0 spiro atoms. The smallest absolute Gasteiger partial charge is 0.163 e. The minimum Gasteiger partial charge on any atom is -0.493 e. The normalized spacial score (nSPS) is 19.2. The van der Waals surface area contributed by atoms with Crippen LogP contribution in [0.1, 0.15) is 44.3 Å². The summed E-state index contributed by atoms with van der Waals surface area (Å²) in [5.74, 6) is 0.338. The van der Waals surface area contributed by atoms with Crippen molar-refractivity contribution in [3.63, 3.8) is 0 Å². The Morgan fingerprint density at radius 1 is 1.16 bits per heavy atom. The number of aliphatic hydroxyl groups excluding tert-OH is 1. The van der Waals surface area contributed by atoms with E-state index in [0.717, 1.165) is 25.7 Å². The van der Waals surface area contributed by atoms with Crippen LogP contribution in [0.25, 0.3) is 0 Å². The molecule has 1 N–H and O–H groups in total. The van der Waals surface area contributed by atoms with Gasteiger partial charge in [0.15, 0.2) is 11.5 Å². The quantitative estimate of drug-likeness (QED) is 0.909. The molecule has 1 unspecified atom stereocenters. The summed E-state index contributed by atoms with van der Waals surface area (Å²) >= 11 is 0. The summed E-state index contributed by atoms with van der Waals surface area (Å²) in [6.45, 7) is 2.01. The molecule has 4 heteroatoms. The second-order valence-corrected chi connectivity index (χ2v) is 5.49. The Morgan fingerprint density at radius 2 is 1.68 bits per heavy atom. The average molecular weight is 268 g/mol. The Kier molecular flexibility index (Phi) is 3.99. The molecule has 1 fully saturated rings. The minimum atomic E-state index is -0.810. The molecule has 0 saturated heterocycles. The van der Waals surface area contributed by atoms with Crippen LogP contribution in [0.4, 0.5) is 4.39 Å². The highest BCUT2D eigenvalue weighted by molar-refractivity contribution is 5.44. The van der Waals surface area contributed by atoms with Crippen LogP contribution < -0.4 is 9.47 Å². The average Bonchev–Trinajstić information content (AvgIpc) is 2.85. The van der Waals surface area contributed by atoms with Crippen LogP contribution >= 0.6 is 0 Å². The van der Waals surface area contributed by atoms with E-state index in [0.29, 0.717) is 17.1 Å². The van der Waals surface area contributed by atoms with Gasteiger partial charge in [0, 0.05) is 11.6 Å². The third kappa shape index (κ3) is 2.54. The van der Waals surface area contributed by atoms with Crippen LogP contribution in [0, 0.1) is 11.2 Å². The fraction of sp³-hybridized carbons (Fsp3) is 0.600. The van der Waals surface area contributed by atoms with Gasteiger partial charge in [-0.25, -0.2) is 4.39 Å². The molecule has 0 heterocycles. The number of halogens is 1. The molecule has 0 aliphatic heterocycles. The number of hydrogen-bond donors (Lipinski definition) is 1. The fourth-order valence-electron chi connectivity index (χ4n) is 2.91. The second kappa shape index (κ2) is 5.37. The molecular weight excluding hydrogens is 247 g/mol. The SMILES string of the molecule is COc1cc(F)c(C(O)C2(C)CCCC2)cc1OC. The third-order valence-electron chi connectivity index (χ3n) is 4.20. The maximum absolute atomic E-state index is 14.1. The van der Waals surface area contributed by atoms with Crippen molar-refractivity contribution in [3.05, 3.63) is 23.5 Å². The first-order valence-electron chi connectivity index (χ1n) is 6.61. The van der Waals surface area contributed by atoms with Crippen molar-refractivity contribution in [2.45, 2.75) is 38.7 Å². The fourth-order valence-corrected chi connectivity index (χ4v) is 2.91. The summed E-state index contributed by atoms with van der Waals surface area (Å²) in [4.78, 5) is 0. The number of methoxy groups -OCH3 is 2. The summed E-state index contributed by atoms with van der Waals surface area (Å²) < 4.78 is 24.4. The highest BCUT2D eigenvalue weighted by atomic mass is 19.1. The lowest BCUT2D eigenvalue weighted by Crippen LogP contribution is -2.23. The predicted octanol–water partition coefficient (Wildman–Crippen LogP) is 3.46. The molecule has 19 heavy (non-hydrogen) atoms. The maximum atomic E-state index is 14.1. The van der Waals surface area contributed by atoms with Gasteiger partial charge >= 0.3 is 0 Å². The summed E-state index contributed by atoms with van der Waals surface area (Å²) in [5.41, 5.74) is 0.0440. The molecule has 1 aliphatic rings. The van der Waals surface area contributed by atoms with Crippen molar-refractivity contribution in [1.82, 2.24) is 0 Å². The zero-order valence-corrected chi connectivity index (χ0v) is 11.7. The zero-order valence-electron chi connectivity index (χ0n) is 11.7. The van der Waals surface area contributed by atoms with Gasteiger partial charge in [-0.15, -0.1) is 0 Å². The van der Waals surface area contributed by atoms with Gasteiger partial charge in [-0.2, -0.15) is 0 Å². The molecule has 2 rings (SSSR count). The lowest BCUT2D eigenvalue weighted by atomic mass is 9.79. The highest BCUT2D eigenvalue weighted by Crippen LogP contribution is 2.48. The van der Waals surface area contributed by atoms with E-state index >= 15 is 0 Å². The Bertz CT molecular complexity index is 453. The van der Waals surface area contributed by atoms with Crippen molar-refractivity contribution in [2.24, 2.45) is 5.41 Å². The number of hydrogen-bond acceptors (Lipinski definition) is 3. The maximum Gasteiger partial charge on any atom is 0.163 e. The second-order valence-electron chi connectivity index (χ2n) is 5.49. The van der Waals surface area contributed by atoms with Crippen LogP contribution in [0.2, 0.25) is 0 Å². The van der Waals surface area contributed by atoms with Gasteiger partial charge in [0.05, 0.1) is 20.3 Å². The van der Waals surface area contributed by atoms with E-state index < -0.39 is 11.9 Å². The minimum absolute atomic E-state index is 0.250. The lowest BCUT2D eigenvalue weighted by molar-refractivity contribution is 0.0377. The van der Waals surface area contributed by atoms with Crippen molar-refractivity contribution < 1.29 is 19.0 Å². The van der Waals surface area contributed by atoms with E-state index in [1.54, 1.807) is 6.07 Å². The van der Waals surface area contributed by atoms with Crippen LogP contribution in [-0.2, 0) is 0 Å². The summed E-state index contributed by atoms with van der Waals surface area (Å²) in [6, 6.07) is 2.82. The van der Waals surface area contributed by atoms with Gasteiger partial charge in [-0.1, -0.05) is 19.8 Å². The van der Waals surface area contributed by atoms with E-state index in [1.807, 2.05) is 6.92 Å². The molecule has 1 atom stereocenters. The van der Waals surface area contributed by atoms with Gasteiger partial charge in [0.2, 0.25) is 0 Å². The van der Waals surface area contributed by atoms with Gasteiger partial charge < -0.3 is 14.6 Å². The van der Waals surface area contributed by atoms with Gasteiger partial charge in [-0.05, 0) is 24.3 Å². The van der Waals surface area contributed by atoms with Gasteiger partial charge in [-0.3, -0.25) is 0 Å². The Balaban J connectivity index is 2.38. The molecule has 0 bridgehead atoms. The zero-order chi connectivity index (χ0) is 14.0. The van der Waals surface area contributed by atoms with Crippen LogP contribution in [-0.4, -0.2) is 19.3 Å². The Morgan fingerprint density at radius 3 is 2.21 bits per heavy atom. The van der Waals surface area contributed by atoms with Crippen molar-refractivity contribution in [2.75, 3.05) is 14.2 Å². The summed E-state index contributed by atoms with van der Waals surface area (Å²) in [5, 5.41) is 10.5. The standard InChI is InChI=1S/C15H21FO3/c1-15(6-4-5-7-15)14(17)10-8-12(18-2)13(19-3)9-11(10)16/h8-9,14,17H,4-7H2,1-3H3. The lowest BCUT2D eigenvalue weighted by Gasteiger charge is -2.30. The van der Waals surface area contributed by atoms with Crippen molar-refractivity contribution >= 4 is 0 Å². The largest absolute Gasteiger partial charge is 0.493 e. The summed E-state index contributed by atoms with van der Waals surface area (Å²) in [6.07, 6.45) is 3.20. The van der Waals surface area contributed by atoms with E-state index in [-0.39, 0.29) is 5.41 Å². The number of benzene rings is 1. The molecule has 0 amide bonds. The van der Waals surface area contributed by atoms with Crippen LogP contribution in [0.5, 0.6) is 11.5 Å². The highest BCUT2D eigenvalue weighted by Gasteiger charge is 2.38. The Labute approximate surface area is 113 Å². The van der Waals surface area contributed by atoms with Gasteiger partial charge in [0.25, 0.3) is 0 Å². The number of ether oxygens (including phenoxy) is 2. The van der Waals surface area contributed by atoms with Crippen LogP contribution in [0.15, 0.2) is 12.1 Å². The molecule has 1 saturated carbocycles. The van der Waals surface area contributed by atoms with E-state index in [1.165, 1.54) is 20.3 Å². The topological polar surface area (TPSA) is 38.7 Å². The molecule has 1 aromatic rings. The molecule has 106 valence electrons. The predicted molar refractivity (Wildman–Crippen MR) is 71.0 cm³/mol. The number of aliphatic hydroxyl groups is 1. The van der Waals surface area contributed by atoms with E-state index in [2.05, 4.69) is 0 Å². The van der Waals surface area contributed by atoms with Crippen molar-refractivity contribution in [1.29, 1.82) is 0 Å². The monoisotopic (exact) mass is 268 g/mol. The first kappa shape index (κ1) is 14.1. The Hall–Kier alpha value is -1.29. The molecule has 3 nitrogen and oxygen atoms in total. The first-order chi connectivity index (χ1) is 9.01. The first-order valence-corrected chi connectivity index (χ1v) is 6.61. The van der Waals surface area contributed by atoms with Gasteiger partial charge in [0.1, 0.15) is 5.82 Å². The van der Waals surface area contributed by atoms with Crippen LogP contribution in [0.3, 0.4) is 0 Å². The van der Waals surface area contributed by atoms with Crippen molar-refractivity contribution in [3.8, 4) is 11.5 Å². The molecule has 1 aromatic carbocycles. The molecular formula is C15H21FO3. The molecule has 0 aromatic heterocycles. The van der Waals surface area contributed by atoms with E-state index in [4.69, 9.17) is 9.47 Å². The molecule has 1 aliphatic carbocycles. The number of rotatable bonds is 4.